The van der Waals surface area contributed by atoms with E-state index in [0.717, 1.165) is 0 Å². The quantitative estimate of drug-likeness (QED) is 0.875. The maximum absolute atomic E-state index is 12.0. The summed E-state index contributed by atoms with van der Waals surface area (Å²) in [5.41, 5.74) is -0.820. The molecule has 1 aromatic rings. The molecule has 1 heterocycles. The molecule has 0 fully saturated rings. The van der Waals surface area contributed by atoms with Crippen LogP contribution in [0.15, 0.2) is 18.3 Å². The van der Waals surface area contributed by atoms with Crippen LogP contribution in [0.2, 0.25) is 5.02 Å². The highest BCUT2D eigenvalue weighted by atomic mass is 35.5. The standard InChI is InChI=1S/C14H18ClN3O2/c1-10(2)20-7-5-14(3,9-16)18-13(19)12-8-11(15)4-6-17-12/h4,6,8,10H,5,7H2,1-3H3,(H,18,19)/t14-/m0/s1. The molecule has 0 aliphatic heterocycles. The second-order valence-corrected chi connectivity index (χ2v) is 5.36. The van der Waals surface area contributed by atoms with Gasteiger partial charge >= 0.3 is 0 Å². The van der Waals surface area contributed by atoms with Crippen LogP contribution < -0.4 is 5.32 Å². The first-order chi connectivity index (χ1) is 9.36. The summed E-state index contributed by atoms with van der Waals surface area (Å²) in [5, 5.41) is 12.3. The Bertz CT molecular complexity index is 513. The number of carbonyl (C=O) groups is 1. The van der Waals surface area contributed by atoms with Gasteiger partial charge in [0.1, 0.15) is 11.2 Å². The molecule has 1 N–H and O–H groups in total. The molecule has 6 heteroatoms. The lowest BCUT2D eigenvalue weighted by Gasteiger charge is -2.23. The van der Waals surface area contributed by atoms with Crippen molar-refractivity contribution in [3.63, 3.8) is 0 Å². The molecular weight excluding hydrogens is 278 g/mol. The summed E-state index contributed by atoms with van der Waals surface area (Å²) in [6.07, 6.45) is 1.93. The maximum atomic E-state index is 12.0. The fourth-order valence-electron chi connectivity index (χ4n) is 1.49. The van der Waals surface area contributed by atoms with Gasteiger partial charge in [0.15, 0.2) is 0 Å². The van der Waals surface area contributed by atoms with E-state index in [1.54, 1.807) is 13.0 Å². The summed E-state index contributed by atoms with van der Waals surface area (Å²) < 4.78 is 5.41. The SMILES string of the molecule is CC(C)OCC[C@@](C)(C#N)NC(=O)c1cc(Cl)ccn1. The van der Waals surface area contributed by atoms with Gasteiger partial charge in [-0.25, -0.2) is 0 Å². The van der Waals surface area contributed by atoms with Crippen molar-refractivity contribution < 1.29 is 9.53 Å². The van der Waals surface area contributed by atoms with Crippen LogP contribution in [0.5, 0.6) is 0 Å². The number of ether oxygens (including phenoxy) is 1. The van der Waals surface area contributed by atoms with Gasteiger partial charge in [-0.15, -0.1) is 0 Å². The molecule has 0 spiro atoms. The van der Waals surface area contributed by atoms with E-state index in [1.165, 1.54) is 12.3 Å². The number of hydrogen-bond donors (Lipinski definition) is 1. The zero-order chi connectivity index (χ0) is 15.2. The van der Waals surface area contributed by atoms with Gasteiger partial charge in [0.05, 0.1) is 18.8 Å². The van der Waals surface area contributed by atoms with Crippen LogP contribution in [-0.2, 0) is 4.74 Å². The highest BCUT2D eigenvalue weighted by Gasteiger charge is 2.27. The molecule has 0 unspecified atom stereocenters. The van der Waals surface area contributed by atoms with Crippen molar-refractivity contribution in [2.45, 2.75) is 38.8 Å². The van der Waals surface area contributed by atoms with Crippen molar-refractivity contribution in [1.29, 1.82) is 5.26 Å². The number of aromatic nitrogens is 1. The van der Waals surface area contributed by atoms with Gasteiger partial charge in [-0.1, -0.05) is 11.6 Å². The zero-order valence-corrected chi connectivity index (χ0v) is 12.6. The van der Waals surface area contributed by atoms with Gasteiger partial charge in [-0.05, 0) is 32.9 Å². The third kappa shape index (κ3) is 5.16. The minimum absolute atomic E-state index is 0.0863. The molecule has 0 bridgehead atoms. The second kappa shape index (κ2) is 7.22. The Kier molecular flexibility index (Phi) is 5.93. The van der Waals surface area contributed by atoms with Crippen LogP contribution in [-0.4, -0.2) is 29.1 Å². The van der Waals surface area contributed by atoms with E-state index in [-0.39, 0.29) is 11.8 Å². The van der Waals surface area contributed by atoms with Crippen LogP contribution in [0.4, 0.5) is 0 Å². The second-order valence-electron chi connectivity index (χ2n) is 4.93. The number of carbonyl (C=O) groups excluding carboxylic acids is 1. The monoisotopic (exact) mass is 295 g/mol. The molecule has 0 aromatic carbocycles. The molecule has 108 valence electrons. The number of halogens is 1. The number of nitrogens with zero attached hydrogens (tertiary/aromatic N) is 2. The number of nitrogens with one attached hydrogen (secondary N) is 1. The molecule has 0 aliphatic carbocycles. The lowest BCUT2D eigenvalue weighted by Crippen LogP contribution is -2.46. The van der Waals surface area contributed by atoms with E-state index in [9.17, 15) is 10.1 Å². The molecule has 0 aliphatic rings. The zero-order valence-electron chi connectivity index (χ0n) is 11.8. The normalized spacial score (nSPS) is 13.6. The Morgan fingerprint density at radius 1 is 1.65 bits per heavy atom. The lowest BCUT2D eigenvalue weighted by atomic mass is 10.00. The van der Waals surface area contributed by atoms with Crippen molar-refractivity contribution in [3.05, 3.63) is 29.0 Å². The number of amides is 1. The van der Waals surface area contributed by atoms with Gasteiger partial charge in [0.25, 0.3) is 5.91 Å². The molecule has 1 atom stereocenters. The predicted octanol–water partition coefficient (Wildman–Crippen LogP) is 2.56. The molecular formula is C14H18ClN3O2. The Morgan fingerprint density at radius 3 is 2.90 bits per heavy atom. The van der Waals surface area contributed by atoms with Crippen LogP contribution >= 0.6 is 11.6 Å². The van der Waals surface area contributed by atoms with Crippen molar-refractivity contribution in [2.75, 3.05) is 6.61 Å². The summed E-state index contributed by atoms with van der Waals surface area (Å²) in [4.78, 5) is 16.0. The topological polar surface area (TPSA) is 75.0 Å². The molecule has 0 saturated carbocycles. The van der Waals surface area contributed by atoms with Crippen molar-refractivity contribution in [2.24, 2.45) is 0 Å². The molecule has 0 radical (unpaired) electrons. The van der Waals surface area contributed by atoms with Gasteiger partial charge in [-0.2, -0.15) is 5.26 Å². The summed E-state index contributed by atoms with van der Waals surface area (Å²) in [6.45, 7) is 5.88. The maximum Gasteiger partial charge on any atom is 0.271 e. The smallest absolute Gasteiger partial charge is 0.271 e. The summed E-state index contributed by atoms with van der Waals surface area (Å²) in [5.74, 6) is -0.430. The average molecular weight is 296 g/mol. The number of pyridine rings is 1. The first-order valence-electron chi connectivity index (χ1n) is 6.33. The highest BCUT2D eigenvalue weighted by molar-refractivity contribution is 6.30. The predicted molar refractivity (Wildman–Crippen MR) is 76.4 cm³/mol. The lowest BCUT2D eigenvalue weighted by molar-refractivity contribution is 0.0651. The Hall–Kier alpha value is -1.64. The van der Waals surface area contributed by atoms with Gasteiger partial charge in [0.2, 0.25) is 0 Å². The molecule has 1 aromatic heterocycles. The molecule has 1 amide bonds. The fraction of sp³-hybridized carbons (Fsp3) is 0.500. The summed E-state index contributed by atoms with van der Waals surface area (Å²) in [7, 11) is 0. The third-order valence-electron chi connectivity index (χ3n) is 2.64. The van der Waals surface area contributed by atoms with Gasteiger partial charge in [0, 0.05) is 17.6 Å². The molecule has 20 heavy (non-hydrogen) atoms. The number of hydrogen-bond acceptors (Lipinski definition) is 4. The van der Waals surface area contributed by atoms with Crippen LogP contribution in [0.25, 0.3) is 0 Å². The van der Waals surface area contributed by atoms with Crippen LogP contribution in [0, 0.1) is 11.3 Å². The van der Waals surface area contributed by atoms with Crippen LogP contribution in [0.1, 0.15) is 37.7 Å². The van der Waals surface area contributed by atoms with Crippen LogP contribution in [0.3, 0.4) is 0 Å². The summed E-state index contributed by atoms with van der Waals surface area (Å²) >= 11 is 5.81. The van der Waals surface area contributed by atoms with Gasteiger partial charge in [-0.3, -0.25) is 9.78 Å². The highest BCUT2D eigenvalue weighted by Crippen LogP contribution is 2.12. The van der Waals surface area contributed by atoms with E-state index < -0.39 is 11.4 Å². The fourth-order valence-corrected chi connectivity index (χ4v) is 1.65. The average Bonchev–Trinajstić information content (AvgIpc) is 2.38. The Balaban J connectivity index is 2.67. The minimum Gasteiger partial charge on any atom is -0.379 e. The molecule has 0 saturated heterocycles. The minimum atomic E-state index is -1.00. The van der Waals surface area contributed by atoms with E-state index in [4.69, 9.17) is 16.3 Å². The molecule has 1 rings (SSSR count). The van der Waals surface area contributed by atoms with Crippen molar-refractivity contribution >= 4 is 17.5 Å². The van der Waals surface area contributed by atoms with Gasteiger partial charge < -0.3 is 10.1 Å². The van der Waals surface area contributed by atoms with Crippen molar-refractivity contribution in [1.82, 2.24) is 10.3 Å². The Labute approximate surface area is 123 Å². The Morgan fingerprint density at radius 2 is 2.35 bits per heavy atom. The van der Waals surface area contributed by atoms with E-state index in [0.29, 0.717) is 18.1 Å². The third-order valence-corrected chi connectivity index (χ3v) is 2.88. The number of nitriles is 1. The first kappa shape index (κ1) is 16.4. The van der Waals surface area contributed by atoms with E-state index >= 15 is 0 Å². The summed E-state index contributed by atoms with van der Waals surface area (Å²) in [6, 6.07) is 5.13. The largest absolute Gasteiger partial charge is 0.379 e. The van der Waals surface area contributed by atoms with E-state index in [2.05, 4.69) is 16.4 Å². The molecule has 5 nitrogen and oxygen atoms in total. The first-order valence-corrected chi connectivity index (χ1v) is 6.71. The van der Waals surface area contributed by atoms with Crippen molar-refractivity contribution in [3.8, 4) is 6.07 Å². The van der Waals surface area contributed by atoms with E-state index in [1.807, 2.05) is 13.8 Å². The number of rotatable bonds is 6.